The molecule has 6 atom stereocenters. The van der Waals surface area contributed by atoms with Gasteiger partial charge in [0.15, 0.2) is 29.1 Å². The van der Waals surface area contributed by atoms with Crippen LogP contribution in [-0.2, 0) is 32.3 Å². The van der Waals surface area contributed by atoms with E-state index in [1.54, 1.807) is 19.9 Å². The van der Waals surface area contributed by atoms with Gasteiger partial charge in [0.05, 0.1) is 32.3 Å². The molecule has 208 valence electrons. The molecule has 14 nitrogen and oxygen atoms in total. The first-order chi connectivity index (χ1) is 18.7. The van der Waals surface area contributed by atoms with Crippen molar-refractivity contribution in [1.82, 2.24) is 19.5 Å². The van der Waals surface area contributed by atoms with Crippen LogP contribution in [0, 0.1) is 5.82 Å². The second kappa shape index (κ2) is 9.68. The normalized spacial score (nSPS) is 32.1. The zero-order chi connectivity index (χ0) is 27.4. The molecule has 0 bridgehead atoms. The van der Waals surface area contributed by atoms with Crippen molar-refractivity contribution in [3.8, 4) is 5.88 Å². The molecule has 3 aliphatic heterocycles. The Bertz CT molecular complexity index is 1470. The van der Waals surface area contributed by atoms with Crippen LogP contribution in [0.5, 0.6) is 5.88 Å². The van der Waals surface area contributed by atoms with Crippen LogP contribution in [0.1, 0.15) is 38.2 Å². The van der Waals surface area contributed by atoms with Gasteiger partial charge < -0.3 is 24.7 Å². The number of hydrogen-bond donors (Lipinski definition) is 1. The number of carbonyl (C=O) groups is 1. The predicted octanol–water partition coefficient (Wildman–Crippen LogP) is 3.44. The highest BCUT2D eigenvalue weighted by molar-refractivity contribution is 7.48. The molecule has 16 heteroatoms. The van der Waals surface area contributed by atoms with Crippen molar-refractivity contribution in [2.75, 3.05) is 25.6 Å². The molecule has 6 unspecified atom stereocenters. The number of nitrogens with zero attached hydrogens (tertiary/aromatic N) is 4. The molecule has 2 N–H and O–H groups in total. The number of rotatable bonds is 7. The Morgan fingerprint density at radius 2 is 2.18 bits per heavy atom. The lowest BCUT2D eigenvalue weighted by atomic mass is 9.96. The van der Waals surface area contributed by atoms with Gasteiger partial charge in [-0.3, -0.25) is 18.1 Å². The number of carbonyl (C=O) groups excluding carboxylic acids is 1. The summed E-state index contributed by atoms with van der Waals surface area (Å²) in [5, 5.41) is 0. The number of phosphoric ester groups is 1. The van der Waals surface area contributed by atoms with Crippen molar-refractivity contribution >= 4 is 31.1 Å². The maximum absolute atomic E-state index is 13.7. The number of anilines is 1. The monoisotopic (exact) mass is 565 g/mol. The summed E-state index contributed by atoms with van der Waals surface area (Å²) < 4.78 is 67.8. The van der Waals surface area contributed by atoms with Gasteiger partial charge in [0.1, 0.15) is 11.9 Å². The zero-order valence-electron chi connectivity index (χ0n) is 20.9. The SMILES string of the molecule is CCOc1nc(N)nc2c1ncn2C1OC(COP2(=O)OCCC(c3cccc(F)c3)O2)C2OC(=O)OC21C. The molecule has 5 heterocycles. The van der Waals surface area contributed by atoms with Crippen LogP contribution in [0.15, 0.2) is 30.6 Å². The van der Waals surface area contributed by atoms with Gasteiger partial charge >= 0.3 is 14.0 Å². The summed E-state index contributed by atoms with van der Waals surface area (Å²) in [6, 6.07) is 5.80. The smallest absolute Gasteiger partial charge is 0.476 e. The van der Waals surface area contributed by atoms with E-state index in [2.05, 4.69) is 15.0 Å². The molecule has 3 saturated heterocycles. The second-order valence-electron chi connectivity index (χ2n) is 9.26. The Morgan fingerprint density at radius 1 is 1.33 bits per heavy atom. The first-order valence-corrected chi connectivity index (χ1v) is 13.7. The van der Waals surface area contributed by atoms with Crippen LogP contribution in [0.4, 0.5) is 15.1 Å². The number of ether oxygens (including phenoxy) is 4. The number of imidazole rings is 1. The van der Waals surface area contributed by atoms with Gasteiger partial charge in [0.25, 0.3) is 0 Å². The molecular weight excluding hydrogens is 540 g/mol. The molecule has 3 aliphatic rings. The molecule has 0 radical (unpaired) electrons. The van der Waals surface area contributed by atoms with E-state index in [1.807, 2.05) is 0 Å². The van der Waals surface area contributed by atoms with Crippen LogP contribution in [0.25, 0.3) is 11.2 Å². The van der Waals surface area contributed by atoms with Crippen molar-refractivity contribution in [2.45, 2.75) is 50.4 Å². The fourth-order valence-electron chi connectivity index (χ4n) is 4.95. The highest BCUT2D eigenvalue weighted by Gasteiger charge is 2.64. The maximum Gasteiger partial charge on any atom is 0.509 e. The van der Waals surface area contributed by atoms with Crippen molar-refractivity contribution in [3.63, 3.8) is 0 Å². The molecule has 6 rings (SSSR count). The highest BCUT2D eigenvalue weighted by atomic mass is 31.2. The van der Waals surface area contributed by atoms with Gasteiger partial charge in [-0.2, -0.15) is 9.97 Å². The fourth-order valence-corrected chi connectivity index (χ4v) is 6.35. The Balaban J connectivity index is 1.24. The average molecular weight is 565 g/mol. The summed E-state index contributed by atoms with van der Waals surface area (Å²) >= 11 is 0. The number of nitrogen functional groups attached to an aromatic ring is 1. The van der Waals surface area contributed by atoms with E-state index in [1.165, 1.54) is 29.1 Å². The van der Waals surface area contributed by atoms with Gasteiger partial charge in [0.2, 0.25) is 11.8 Å². The van der Waals surface area contributed by atoms with Crippen molar-refractivity contribution in [2.24, 2.45) is 0 Å². The summed E-state index contributed by atoms with van der Waals surface area (Å²) in [6.07, 6.45) is -2.69. The summed E-state index contributed by atoms with van der Waals surface area (Å²) in [6.45, 7) is 3.47. The summed E-state index contributed by atoms with van der Waals surface area (Å²) in [7, 11) is -4.07. The molecule has 2 aromatic heterocycles. The van der Waals surface area contributed by atoms with E-state index >= 15 is 0 Å². The average Bonchev–Trinajstić information content (AvgIpc) is 3.52. The minimum atomic E-state index is -4.07. The Hall–Kier alpha value is -3.36. The molecule has 0 aliphatic carbocycles. The molecule has 0 saturated carbocycles. The predicted molar refractivity (Wildman–Crippen MR) is 129 cm³/mol. The number of fused-ring (bicyclic) bond motifs is 2. The van der Waals surface area contributed by atoms with Crippen molar-refractivity contribution in [1.29, 1.82) is 0 Å². The molecule has 0 amide bonds. The molecular formula is C23H25FN5O9P. The molecule has 39 heavy (non-hydrogen) atoms. The Kier molecular flexibility index (Phi) is 6.43. The lowest BCUT2D eigenvalue weighted by Crippen LogP contribution is -2.42. The largest absolute Gasteiger partial charge is 0.509 e. The van der Waals surface area contributed by atoms with Gasteiger partial charge in [-0.25, -0.2) is 18.7 Å². The van der Waals surface area contributed by atoms with E-state index in [-0.39, 0.29) is 30.7 Å². The summed E-state index contributed by atoms with van der Waals surface area (Å²) in [5.74, 6) is -0.307. The third-order valence-electron chi connectivity index (χ3n) is 6.67. The Labute approximate surface area is 221 Å². The van der Waals surface area contributed by atoms with Crippen LogP contribution < -0.4 is 10.5 Å². The fraction of sp³-hybridized carbons (Fsp3) is 0.478. The second-order valence-corrected chi connectivity index (χ2v) is 10.9. The number of benzene rings is 1. The molecule has 1 aromatic carbocycles. The lowest BCUT2D eigenvalue weighted by Gasteiger charge is -2.29. The van der Waals surface area contributed by atoms with Crippen LogP contribution in [0.2, 0.25) is 0 Å². The van der Waals surface area contributed by atoms with Crippen LogP contribution in [0.3, 0.4) is 0 Å². The van der Waals surface area contributed by atoms with Gasteiger partial charge in [-0.1, -0.05) is 12.1 Å². The number of nitrogens with two attached hydrogens (primary N) is 1. The third-order valence-corrected chi connectivity index (χ3v) is 8.14. The first kappa shape index (κ1) is 25.9. The lowest BCUT2D eigenvalue weighted by molar-refractivity contribution is -0.0925. The van der Waals surface area contributed by atoms with E-state index in [9.17, 15) is 13.8 Å². The van der Waals surface area contributed by atoms with E-state index in [0.717, 1.165) is 0 Å². The maximum atomic E-state index is 13.7. The highest BCUT2D eigenvalue weighted by Crippen LogP contribution is 2.58. The minimum Gasteiger partial charge on any atom is -0.476 e. The number of halogens is 1. The standard InChI is InChI=1S/C23H25FN5O9P/c1-3-32-19-16-18(27-21(25)28-19)29(11-26-16)20-23(2)17(36-22(30)37-23)15(35-20)10-34-39(31)33-8-7-14(38-39)12-5-4-6-13(24)9-12/h4-6,9,11,14-15,17,20H,3,7-8,10H2,1-2H3,(H2,25,27,28). The van der Waals surface area contributed by atoms with E-state index in [4.69, 9.17) is 38.3 Å². The van der Waals surface area contributed by atoms with Crippen LogP contribution in [-0.4, -0.2) is 63.3 Å². The first-order valence-electron chi connectivity index (χ1n) is 12.2. The van der Waals surface area contributed by atoms with Crippen molar-refractivity contribution < 1.29 is 46.3 Å². The van der Waals surface area contributed by atoms with Gasteiger partial charge in [-0.15, -0.1) is 0 Å². The Morgan fingerprint density at radius 3 is 2.97 bits per heavy atom. The quantitative estimate of drug-likeness (QED) is 0.327. The topological polar surface area (TPSA) is 168 Å². The summed E-state index contributed by atoms with van der Waals surface area (Å²) in [4.78, 5) is 24.9. The molecule has 3 fully saturated rings. The number of phosphoric acid groups is 1. The zero-order valence-corrected chi connectivity index (χ0v) is 21.8. The van der Waals surface area contributed by atoms with E-state index < -0.39 is 49.9 Å². The van der Waals surface area contributed by atoms with Crippen LogP contribution >= 0.6 is 7.82 Å². The molecule has 0 spiro atoms. The number of hydrogen-bond acceptors (Lipinski definition) is 13. The van der Waals surface area contributed by atoms with Crippen molar-refractivity contribution in [3.05, 3.63) is 42.0 Å². The van der Waals surface area contributed by atoms with E-state index in [0.29, 0.717) is 24.1 Å². The number of aromatic nitrogens is 4. The minimum absolute atomic E-state index is 0.0514. The third kappa shape index (κ3) is 4.59. The van der Waals surface area contributed by atoms with Gasteiger partial charge in [-0.05, 0) is 31.5 Å². The van der Waals surface area contributed by atoms with Gasteiger partial charge in [0, 0.05) is 6.42 Å². The summed E-state index contributed by atoms with van der Waals surface area (Å²) in [5.41, 5.74) is 5.66. The molecule has 3 aromatic rings.